The van der Waals surface area contributed by atoms with E-state index in [9.17, 15) is 9.59 Å². The highest BCUT2D eigenvalue weighted by Crippen LogP contribution is 2.19. The van der Waals surface area contributed by atoms with Crippen LogP contribution in [0, 0.1) is 0 Å². The van der Waals surface area contributed by atoms with Crippen LogP contribution in [0.25, 0.3) is 0 Å². The van der Waals surface area contributed by atoms with Gasteiger partial charge in [-0.2, -0.15) is 0 Å². The number of aliphatic carboxylic acids is 1. The van der Waals surface area contributed by atoms with Crippen LogP contribution in [0.1, 0.15) is 38.5 Å². The van der Waals surface area contributed by atoms with Gasteiger partial charge in [0.25, 0.3) is 0 Å². The minimum absolute atomic E-state index is 0.309. The fourth-order valence-corrected chi connectivity index (χ4v) is 2.04. The van der Waals surface area contributed by atoms with Crippen molar-refractivity contribution in [2.45, 2.75) is 50.7 Å². The molecule has 1 saturated carbocycles. The monoisotopic (exact) mass is 258 g/mol. The Morgan fingerprint density at radius 2 is 2.00 bits per heavy atom. The van der Waals surface area contributed by atoms with Crippen LogP contribution in [-0.4, -0.2) is 42.3 Å². The van der Waals surface area contributed by atoms with E-state index in [0.29, 0.717) is 19.3 Å². The quantitative estimate of drug-likeness (QED) is 0.568. The SMILES string of the molecule is NC(CC(=O)O)C(=O)NCCOC1CCCCC1. The van der Waals surface area contributed by atoms with Gasteiger partial charge in [-0.25, -0.2) is 0 Å². The van der Waals surface area contributed by atoms with Crippen LogP contribution in [0.5, 0.6) is 0 Å². The van der Waals surface area contributed by atoms with E-state index in [1.54, 1.807) is 0 Å². The normalized spacial score (nSPS) is 18.3. The Balaban J connectivity index is 2.05. The summed E-state index contributed by atoms with van der Waals surface area (Å²) in [6.07, 6.45) is 5.83. The zero-order valence-electron chi connectivity index (χ0n) is 10.6. The molecule has 1 aliphatic carbocycles. The third kappa shape index (κ3) is 5.97. The molecule has 1 atom stereocenters. The van der Waals surface area contributed by atoms with E-state index in [0.717, 1.165) is 12.8 Å². The number of carbonyl (C=O) groups excluding carboxylic acids is 1. The fourth-order valence-electron chi connectivity index (χ4n) is 2.04. The molecule has 1 rings (SSSR count). The molecule has 0 aliphatic heterocycles. The molecule has 1 unspecified atom stereocenters. The molecule has 0 spiro atoms. The number of carboxylic acid groups (broad SMARTS) is 1. The average molecular weight is 258 g/mol. The van der Waals surface area contributed by atoms with Crippen molar-refractivity contribution in [3.63, 3.8) is 0 Å². The van der Waals surface area contributed by atoms with Crippen molar-refractivity contribution in [3.8, 4) is 0 Å². The second-order valence-corrected chi connectivity index (χ2v) is 4.63. The lowest BCUT2D eigenvalue weighted by molar-refractivity contribution is -0.139. The molecule has 6 heteroatoms. The van der Waals surface area contributed by atoms with Crippen LogP contribution >= 0.6 is 0 Å². The standard InChI is InChI=1S/C12H22N2O4/c13-10(8-11(15)16)12(17)14-6-7-18-9-4-2-1-3-5-9/h9-10H,1-8,13H2,(H,14,17)(H,15,16). The van der Waals surface area contributed by atoms with Gasteiger partial charge in [-0.15, -0.1) is 0 Å². The first kappa shape index (κ1) is 14.9. The maximum atomic E-state index is 11.4. The lowest BCUT2D eigenvalue weighted by Crippen LogP contribution is -2.43. The predicted octanol–water partition coefficient (Wildman–Crippen LogP) is 0.254. The molecule has 0 bridgehead atoms. The summed E-state index contributed by atoms with van der Waals surface area (Å²) >= 11 is 0. The first-order valence-corrected chi connectivity index (χ1v) is 6.46. The van der Waals surface area contributed by atoms with Crippen molar-refractivity contribution in [2.75, 3.05) is 13.2 Å². The summed E-state index contributed by atoms with van der Waals surface area (Å²) in [5.41, 5.74) is 5.41. The second kappa shape index (κ2) is 8.05. The van der Waals surface area contributed by atoms with Crippen LogP contribution < -0.4 is 11.1 Å². The predicted molar refractivity (Wildman–Crippen MR) is 66.1 cm³/mol. The molecule has 1 aliphatic rings. The number of hydrogen-bond donors (Lipinski definition) is 3. The molecular formula is C12H22N2O4. The number of ether oxygens (including phenoxy) is 1. The van der Waals surface area contributed by atoms with E-state index in [-0.39, 0.29) is 6.42 Å². The molecule has 0 aromatic heterocycles. The summed E-state index contributed by atoms with van der Waals surface area (Å²) in [5, 5.41) is 11.1. The van der Waals surface area contributed by atoms with Gasteiger partial charge >= 0.3 is 5.97 Å². The van der Waals surface area contributed by atoms with Crippen LogP contribution in [0.15, 0.2) is 0 Å². The van der Waals surface area contributed by atoms with E-state index in [4.69, 9.17) is 15.6 Å². The van der Waals surface area contributed by atoms with Crippen molar-refractivity contribution in [1.29, 1.82) is 0 Å². The van der Waals surface area contributed by atoms with Crippen LogP contribution in [0.2, 0.25) is 0 Å². The first-order valence-electron chi connectivity index (χ1n) is 6.46. The summed E-state index contributed by atoms with van der Waals surface area (Å²) in [7, 11) is 0. The van der Waals surface area contributed by atoms with Gasteiger partial charge < -0.3 is 20.9 Å². The van der Waals surface area contributed by atoms with Crippen LogP contribution in [-0.2, 0) is 14.3 Å². The molecule has 0 radical (unpaired) electrons. The van der Waals surface area contributed by atoms with E-state index in [2.05, 4.69) is 5.32 Å². The Labute approximate surface area is 107 Å². The van der Waals surface area contributed by atoms with Gasteiger partial charge in [0.1, 0.15) is 0 Å². The molecule has 1 amide bonds. The topological polar surface area (TPSA) is 102 Å². The second-order valence-electron chi connectivity index (χ2n) is 4.63. The Morgan fingerprint density at radius 3 is 2.61 bits per heavy atom. The van der Waals surface area contributed by atoms with Crippen molar-refractivity contribution in [2.24, 2.45) is 5.73 Å². The van der Waals surface area contributed by atoms with E-state index in [1.807, 2.05) is 0 Å². The summed E-state index contributed by atoms with van der Waals surface area (Å²) in [6.45, 7) is 0.832. The highest BCUT2D eigenvalue weighted by molar-refractivity contribution is 5.85. The highest BCUT2D eigenvalue weighted by Gasteiger charge is 2.17. The molecule has 18 heavy (non-hydrogen) atoms. The number of nitrogens with two attached hydrogens (primary N) is 1. The van der Waals surface area contributed by atoms with Crippen molar-refractivity contribution >= 4 is 11.9 Å². The number of nitrogens with one attached hydrogen (secondary N) is 1. The van der Waals surface area contributed by atoms with E-state index < -0.39 is 17.9 Å². The van der Waals surface area contributed by atoms with Gasteiger partial charge in [-0.3, -0.25) is 9.59 Å². The Bertz CT molecular complexity index is 277. The Hall–Kier alpha value is -1.14. The first-order chi connectivity index (χ1) is 8.59. The molecule has 0 heterocycles. The van der Waals surface area contributed by atoms with Crippen molar-refractivity contribution in [3.05, 3.63) is 0 Å². The van der Waals surface area contributed by atoms with Gasteiger partial charge in [-0.1, -0.05) is 19.3 Å². The number of rotatable bonds is 7. The third-order valence-electron chi connectivity index (χ3n) is 3.04. The number of amides is 1. The maximum Gasteiger partial charge on any atom is 0.305 e. The summed E-state index contributed by atoms with van der Waals surface area (Å²) in [4.78, 5) is 21.7. The van der Waals surface area contributed by atoms with Gasteiger partial charge in [-0.05, 0) is 12.8 Å². The van der Waals surface area contributed by atoms with E-state index in [1.165, 1.54) is 19.3 Å². The summed E-state index contributed by atoms with van der Waals surface area (Å²) in [6, 6.07) is -0.989. The number of carbonyl (C=O) groups is 2. The molecule has 4 N–H and O–H groups in total. The lowest BCUT2D eigenvalue weighted by atomic mass is 9.98. The van der Waals surface area contributed by atoms with Crippen LogP contribution in [0.3, 0.4) is 0 Å². The largest absolute Gasteiger partial charge is 0.481 e. The third-order valence-corrected chi connectivity index (χ3v) is 3.04. The molecule has 0 aromatic rings. The molecule has 0 saturated heterocycles. The van der Waals surface area contributed by atoms with E-state index >= 15 is 0 Å². The highest BCUT2D eigenvalue weighted by atomic mass is 16.5. The molecule has 1 fully saturated rings. The zero-order valence-corrected chi connectivity index (χ0v) is 10.6. The fraction of sp³-hybridized carbons (Fsp3) is 0.833. The maximum absolute atomic E-state index is 11.4. The van der Waals surface area contributed by atoms with Crippen LogP contribution in [0.4, 0.5) is 0 Å². The zero-order chi connectivity index (χ0) is 13.4. The van der Waals surface area contributed by atoms with Gasteiger partial charge in [0.05, 0.1) is 25.2 Å². The molecule has 104 valence electrons. The Kier molecular flexibility index (Phi) is 6.67. The van der Waals surface area contributed by atoms with Crippen molar-refractivity contribution in [1.82, 2.24) is 5.32 Å². The average Bonchev–Trinajstić information content (AvgIpc) is 2.34. The smallest absolute Gasteiger partial charge is 0.305 e. The number of carboxylic acids is 1. The summed E-state index contributed by atoms with van der Waals surface area (Å²) < 4.78 is 5.62. The molecular weight excluding hydrogens is 236 g/mol. The Morgan fingerprint density at radius 1 is 1.33 bits per heavy atom. The van der Waals surface area contributed by atoms with Crippen molar-refractivity contribution < 1.29 is 19.4 Å². The molecule has 0 aromatic carbocycles. The van der Waals surface area contributed by atoms with Gasteiger partial charge in [0.2, 0.25) is 5.91 Å². The number of hydrogen-bond acceptors (Lipinski definition) is 4. The molecule has 6 nitrogen and oxygen atoms in total. The van der Waals surface area contributed by atoms with Gasteiger partial charge in [0, 0.05) is 6.54 Å². The summed E-state index contributed by atoms with van der Waals surface area (Å²) in [5.74, 6) is -1.51. The lowest BCUT2D eigenvalue weighted by Gasteiger charge is -2.22. The van der Waals surface area contributed by atoms with Gasteiger partial charge in [0.15, 0.2) is 0 Å². The minimum Gasteiger partial charge on any atom is -0.481 e. The minimum atomic E-state index is -1.07.